The summed E-state index contributed by atoms with van der Waals surface area (Å²) >= 11 is 0. The van der Waals surface area contributed by atoms with Crippen molar-refractivity contribution in [3.05, 3.63) is 35.6 Å². The fourth-order valence-electron chi connectivity index (χ4n) is 1.65. The summed E-state index contributed by atoms with van der Waals surface area (Å²) in [5.74, 6) is -0.809. The van der Waals surface area contributed by atoms with Crippen LogP contribution in [0.2, 0.25) is 0 Å². The van der Waals surface area contributed by atoms with Gasteiger partial charge >= 0.3 is 6.09 Å². The predicted molar refractivity (Wildman–Crippen MR) is 53.8 cm³/mol. The number of likely N-dealkylation sites (tertiary alicyclic amines) is 1. The number of ketones is 1. The van der Waals surface area contributed by atoms with Gasteiger partial charge in [-0.2, -0.15) is 0 Å². The molecule has 84 valence electrons. The van der Waals surface area contributed by atoms with E-state index in [0.717, 1.165) is 0 Å². The van der Waals surface area contributed by atoms with E-state index in [1.807, 2.05) is 0 Å². The molecule has 16 heavy (non-hydrogen) atoms. The molecule has 1 saturated heterocycles. The molecule has 0 spiro atoms. The molecular formula is C11H10FNO3. The van der Waals surface area contributed by atoms with E-state index in [-0.39, 0.29) is 24.8 Å². The summed E-state index contributed by atoms with van der Waals surface area (Å²) in [7, 11) is 0. The Morgan fingerprint density at radius 1 is 1.25 bits per heavy atom. The Morgan fingerprint density at radius 2 is 1.81 bits per heavy atom. The van der Waals surface area contributed by atoms with E-state index in [1.54, 1.807) is 0 Å². The number of carboxylic acid groups (broad SMARTS) is 1. The van der Waals surface area contributed by atoms with Crippen LogP contribution in [0.3, 0.4) is 0 Å². The van der Waals surface area contributed by atoms with Gasteiger partial charge in [0, 0.05) is 18.7 Å². The largest absolute Gasteiger partial charge is 0.465 e. The molecule has 1 aromatic carbocycles. The van der Waals surface area contributed by atoms with Crippen LogP contribution in [0.1, 0.15) is 10.4 Å². The molecule has 0 aliphatic carbocycles. The highest BCUT2D eigenvalue weighted by atomic mass is 19.1. The second-order valence-electron chi connectivity index (χ2n) is 3.76. The van der Waals surface area contributed by atoms with Crippen molar-refractivity contribution in [3.63, 3.8) is 0 Å². The van der Waals surface area contributed by atoms with Gasteiger partial charge in [0.1, 0.15) is 5.82 Å². The summed E-state index contributed by atoms with van der Waals surface area (Å²) in [6.45, 7) is 0.455. The summed E-state index contributed by atoms with van der Waals surface area (Å²) in [6, 6.07) is 5.28. The van der Waals surface area contributed by atoms with Gasteiger partial charge in [0.2, 0.25) is 0 Å². The molecule has 1 aromatic rings. The molecule has 0 radical (unpaired) electrons. The average molecular weight is 223 g/mol. The lowest BCUT2D eigenvalue weighted by atomic mass is 9.91. The van der Waals surface area contributed by atoms with Gasteiger partial charge in [-0.25, -0.2) is 9.18 Å². The fraction of sp³-hybridized carbons (Fsp3) is 0.273. The van der Waals surface area contributed by atoms with E-state index in [2.05, 4.69) is 0 Å². The number of amides is 1. The molecule has 1 amide bonds. The van der Waals surface area contributed by atoms with E-state index in [0.29, 0.717) is 5.56 Å². The molecule has 0 aromatic heterocycles. The van der Waals surface area contributed by atoms with Crippen LogP contribution >= 0.6 is 0 Å². The van der Waals surface area contributed by atoms with E-state index in [1.165, 1.54) is 29.2 Å². The summed E-state index contributed by atoms with van der Waals surface area (Å²) in [5, 5.41) is 8.60. The highest BCUT2D eigenvalue weighted by Gasteiger charge is 2.35. The third-order valence-electron chi connectivity index (χ3n) is 2.65. The Bertz CT molecular complexity index is 423. The van der Waals surface area contributed by atoms with Crippen LogP contribution in [-0.4, -0.2) is 35.0 Å². The van der Waals surface area contributed by atoms with Crippen molar-refractivity contribution < 1.29 is 19.1 Å². The van der Waals surface area contributed by atoms with Crippen LogP contribution in [-0.2, 0) is 0 Å². The highest BCUT2D eigenvalue weighted by molar-refractivity contribution is 5.99. The van der Waals surface area contributed by atoms with Gasteiger partial charge in [0.25, 0.3) is 0 Å². The molecule has 1 fully saturated rings. The van der Waals surface area contributed by atoms with Gasteiger partial charge < -0.3 is 10.0 Å². The molecule has 0 atom stereocenters. The summed E-state index contributed by atoms with van der Waals surface area (Å²) < 4.78 is 12.6. The average Bonchev–Trinajstić information content (AvgIpc) is 2.15. The highest BCUT2D eigenvalue weighted by Crippen LogP contribution is 2.20. The second kappa shape index (κ2) is 3.92. The number of hydrogen-bond acceptors (Lipinski definition) is 2. The van der Waals surface area contributed by atoms with Gasteiger partial charge in [-0.15, -0.1) is 0 Å². The van der Waals surface area contributed by atoms with Crippen LogP contribution in [0.25, 0.3) is 0 Å². The Labute approximate surface area is 91.3 Å². The van der Waals surface area contributed by atoms with Crippen LogP contribution in [0, 0.1) is 11.7 Å². The summed E-state index contributed by atoms with van der Waals surface area (Å²) in [4.78, 5) is 23.4. The molecular weight excluding hydrogens is 213 g/mol. The molecule has 1 aliphatic heterocycles. The minimum atomic E-state index is -1.01. The number of carbonyl (C=O) groups excluding carboxylic acids is 1. The van der Waals surface area contributed by atoms with Crippen LogP contribution in [0.15, 0.2) is 24.3 Å². The topological polar surface area (TPSA) is 57.6 Å². The SMILES string of the molecule is O=C(c1ccc(F)cc1)C1CN(C(=O)O)C1. The number of nitrogens with zero attached hydrogens (tertiary/aromatic N) is 1. The quantitative estimate of drug-likeness (QED) is 0.775. The maximum Gasteiger partial charge on any atom is 0.407 e. The van der Waals surface area contributed by atoms with Gasteiger partial charge in [0.15, 0.2) is 5.78 Å². The van der Waals surface area contributed by atoms with Crippen molar-refractivity contribution in [2.24, 2.45) is 5.92 Å². The van der Waals surface area contributed by atoms with Crippen molar-refractivity contribution in [2.45, 2.75) is 0 Å². The molecule has 0 saturated carbocycles. The standard InChI is InChI=1S/C11H10FNO3/c12-9-3-1-7(2-4-9)10(14)8-5-13(6-8)11(15)16/h1-4,8H,5-6H2,(H,15,16). The smallest absolute Gasteiger partial charge is 0.407 e. The van der Waals surface area contributed by atoms with E-state index >= 15 is 0 Å². The van der Waals surface area contributed by atoms with Crippen LogP contribution in [0.4, 0.5) is 9.18 Å². The third kappa shape index (κ3) is 1.88. The van der Waals surface area contributed by atoms with Crippen molar-refractivity contribution in [1.29, 1.82) is 0 Å². The number of rotatable bonds is 2. The van der Waals surface area contributed by atoms with Gasteiger partial charge in [-0.05, 0) is 24.3 Å². The maximum atomic E-state index is 12.6. The monoisotopic (exact) mass is 223 g/mol. The Balaban J connectivity index is 2.00. The van der Waals surface area contributed by atoms with Crippen molar-refractivity contribution in [3.8, 4) is 0 Å². The molecule has 5 heteroatoms. The van der Waals surface area contributed by atoms with Crippen LogP contribution < -0.4 is 0 Å². The zero-order valence-electron chi connectivity index (χ0n) is 8.39. The predicted octanol–water partition coefficient (Wildman–Crippen LogP) is 1.62. The normalized spacial score (nSPS) is 15.7. The first-order chi connectivity index (χ1) is 7.58. The molecule has 1 N–H and O–H groups in total. The molecule has 1 aliphatic rings. The lowest BCUT2D eigenvalue weighted by Crippen LogP contribution is -2.52. The minimum Gasteiger partial charge on any atom is -0.465 e. The Morgan fingerprint density at radius 3 is 2.31 bits per heavy atom. The first-order valence-corrected chi connectivity index (χ1v) is 4.85. The van der Waals surface area contributed by atoms with Gasteiger partial charge in [0.05, 0.1) is 5.92 Å². The van der Waals surface area contributed by atoms with Crippen molar-refractivity contribution in [2.75, 3.05) is 13.1 Å². The van der Waals surface area contributed by atoms with E-state index in [4.69, 9.17) is 5.11 Å². The van der Waals surface area contributed by atoms with E-state index < -0.39 is 11.9 Å². The van der Waals surface area contributed by atoms with Crippen LogP contribution in [0.5, 0.6) is 0 Å². The first-order valence-electron chi connectivity index (χ1n) is 4.85. The van der Waals surface area contributed by atoms with Gasteiger partial charge in [-0.3, -0.25) is 4.79 Å². The first kappa shape index (κ1) is 10.6. The fourth-order valence-corrected chi connectivity index (χ4v) is 1.65. The summed E-state index contributed by atoms with van der Waals surface area (Å²) in [5.41, 5.74) is 0.427. The Hall–Kier alpha value is -1.91. The summed E-state index contributed by atoms with van der Waals surface area (Å²) in [6.07, 6.45) is -1.01. The number of hydrogen-bond donors (Lipinski definition) is 1. The minimum absolute atomic E-state index is 0.127. The number of carbonyl (C=O) groups is 2. The second-order valence-corrected chi connectivity index (χ2v) is 3.76. The lowest BCUT2D eigenvalue weighted by molar-refractivity contribution is 0.0610. The molecule has 2 rings (SSSR count). The number of Topliss-reactive ketones (excluding diaryl/α,β-unsaturated/α-hetero) is 1. The number of halogens is 1. The third-order valence-corrected chi connectivity index (χ3v) is 2.65. The molecule has 0 bridgehead atoms. The van der Waals surface area contributed by atoms with Crippen molar-refractivity contribution in [1.82, 2.24) is 4.90 Å². The number of benzene rings is 1. The zero-order chi connectivity index (χ0) is 11.7. The molecule has 4 nitrogen and oxygen atoms in total. The Kier molecular flexibility index (Phi) is 2.60. The maximum absolute atomic E-state index is 12.6. The molecule has 0 unspecified atom stereocenters. The zero-order valence-corrected chi connectivity index (χ0v) is 8.39. The van der Waals surface area contributed by atoms with E-state index in [9.17, 15) is 14.0 Å². The lowest BCUT2D eigenvalue weighted by Gasteiger charge is -2.35. The van der Waals surface area contributed by atoms with Crippen molar-refractivity contribution >= 4 is 11.9 Å². The van der Waals surface area contributed by atoms with Gasteiger partial charge in [-0.1, -0.05) is 0 Å². The molecule has 1 heterocycles.